The van der Waals surface area contributed by atoms with Gasteiger partial charge in [0.1, 0.15) is 11.6 Å². The largest absolute Gasteiger partial charge is 0.492 e. The quantitative estimate of drug-likeness (QED) is 0.248. The van der Waals surface area contributed by atoms with Gasteiger partial charge in [-0.1, -0.05) is 53.7 Å². The van der Waals surface area contributed by atoms with Crippen LogP contribution in [0.2, 0.25) is 5.02 Å². The molecule has 0 spiro atoms. The highest BCUT2D eigenvalue weighted by Crippen LogP contribution is 2.29. The Bertz CT molecular complexity index is 1350. The number of benzene rings is 3. The molecule has 0 radical (unpaired) electrons. The molecule has 4 rings (SSSR count). The number of ether oxygens (including phenoxy) is 1. The summed E-state index contributed by atoms with van der Waals surface area (Å²) in [5, 5.41) is 15.6. The van der Waals surface area contributed by atoms with Crippen molar-refractivity contribution in [3.05, 3.63) is 94.5 Å². The summed E-state index contributed by atoms with van der Waals surface area (Å²) < 4.78 is 20.7. The van der Waals surface area contributed by atoms with Gasteiger partial charge in [0.2, 0.25) is 0 Å². The number of anilines is 1. The van der Waals surface area contributed by atoms with E-state index in [4.69, 9.17) is 16.3 Å². The number of carbonyl (C=O) groups excluding carboxylic acids is 1. The molecule has 0 fully saturated rings. The van der Waals surface area contributed by atoms with Crippen LogP contribution in [0.3, 0.4) is 0 Å². The van der Waals surface area contributed by atoms with Crippen LogP contribution in [0.1, 0.15) is 23.9 Å². The lowest BCUT2D eigenvalue weighted by Gasteiger charge is -2.15. The molecule has 0 bridgehead atoms. The van der Waals surface area contributed by atoms with Gasteiger partial charge in [-0.05, 0) is 61.4 Å². The van der Waals surface area contributed by atoms with E-state index in [-0.39, 0.29) is 12.4 Å². The molecule has 3 aromatic carbocycles. The number of thioether (sulfide) groups is 1. The molecular formula is C26H25ClFN5O2S. The molecule has 1 aromatic heterocycles. The Kier molecular flexibility index (Phi) is 8.45. The fraction of sp³-hybridized carbons (Fsp3) is 0.192. The Balaban J connectivity index is 1.54. The van der Waals surface area contributed by atoms with Gasteiger partial charge in [-0.15, -0.1) is 10.2 Å². The second-order valence-corrected chi connectivity index (χ2v) is 9.20. The SMILES string of the molecule is CCOc1ccccc1NC(=O)NCc1nnc(SCc2ccc(F)cc2)n1-c1cc(Cl)ccc1C. The number of urea groups is 1. The van der Waals surface area contributed by atoms with Gasteiger partial charge in [-0.2, -0.15) is 0 Å². The number of nitrogens with zero attached hydrogens (tertiary/aromatic N) is 3. The Hall–Kier alpha value is -3.56. The second kappa shape index (κ2) is 11.9. The molecule has 2 amide bonds. The van der Waals surface area contributed by atoms with Crippen LogP contribution in [0.4, 0.5) is 14.9 Å². The Morgan fingerprint density at radius 1 is 1.11 bits per heavy atom. The molecule has 0 aliphatic heterocycles. The molecule has 2 N–H and O–H groups in total. The van der Waals surface area contributed by atoms with Gasteiger partial charge < -0.3 is 15.4 Å². The highest BCUT2D eigenvalue weighted by Gasteiger charge is 2.18. The summed E-state index contributed by atoms with van der Waals surface area (Å²) in [6.07, 6.45) is 0. The van der Waals surface area contributed by atoms with E-state index in [2.05, 4.69) is 20.8 Å². The number of halogens is 2. The van der Waals surface area contributed by atoms with Crippen LogP contribution >= 0.6 is 23.4 Å². The van der Waals surface area contributed by atoms with Crippen molar-refractivity contribution in [3.63, 3.8) is 0 Å². The average Bonchev–Trinajstić information content (AvgIpc) is 3.28. The van der Waals surface area contributed by atoms with Gasteiger partial charge in [0.25, 0.3) is 0 Å². The third-order valence-electron chi connectivity index (χ3n) is 5.24. The zero-order chi connectivity index (χ0) is 25.5. The third kappa shape index (κ3) is 6.35. The van der Waals surface area contributed by atoms with Crippen LogP contribution in [0, 0.1) is 12.7 Å². The van der Waals surface area contributed by atoms with Crippen LogP contribution in [-0.2, 0) is 12.3 Å². The van der Waals surface area contributed by atoms with Crippen LogP contribution in [0.15, 0.2) is 71.9 Å². The molecule has 10 heteroatoms. The Morgan fingerprint density at radius 3 is 2.67 bits per heavy atom. The monoisotopic (exact) mass is 525 g/mol. The first-order chi connectivity index (χ1) is 17.4. The maximum Gasteiger partial charge on any atom is 0.319 e. The lowest BCUT2D eigenvalue weighted by atomic mass is 10.2. The molecule has 186 valence electrons. The van der Waals surface area contributed by atoms with Crippen LogP contribution in [-0.4, -0.2) is 27.4 Å². The lowest BCUT2D eigenvalue weighted by Crippen LogP contribution is -2.29. The van der Waals surface area contributed by atoms with Crippen molar-refractivity contribution in [2.75, 3.05) is 11.9 Å². The first-order valence-corrected chi connectivity index (χ1v) is 12.7. The maximum absolute atomic E-state index is 13.3. The first-order valence-electron chi connectivity index (χ1n) is 11.3. The van der Waals surface area contributed by atoms with Gasteiger partial charge in [0, 0.05) is 10.8 Å². The van der Waals surface area contributed by atoms with Crippen molar-refractivity contribution < 1.29 is 13.9 Å². The van der Waals surface area contributed by atoms with E-state index in [1.165, 1.54) is 23.9 Å². The number of aryl methyl sites for hydroxylation is 1. The van der Waals surface area contributed by atoms with Gasteiger partial charge in [-0.25, -0.2) is 9.18 Å². The molecule has 7 nitrogen and oxygen atoms in total. The number of hydrogen-bond acceptors (Lipinski definition) is 5. The standard InChI is InChI=1S/C26H25ClFN5O2S/c1-3-35-23-7-5-4-6-21(23)30-25(34)29-15-24-31-32-26(36-16-18-9-12-20(28)13-10-18)33(24)22-14-19(27)11-8-17(22)2/h4-14H,3,15-16H2,1-2H3,(H2,29,30,34). The molecule has 0 unspecified atom stereocenters. The molecule has 36 heavy (non-hydrogen) atoms. The molecule has 0 atom stereocenters. The Labute approximate surface area is 218 Å². The average molecular weight is 526 g/mol. The van der Waals surface area contributed by atoms with Crippen molar-refractivity contribution in [2.45, 2.75) is 31.3 Å². The second-order valence-electron chi connectivity index (χ2n) is 7.82. The summed E-state index contributed by atoms with van der Waals surface area (Å²) in [5.74, 6) is 1.42. The topological polar surface area (TPSA) is 81.1 Å². The minimum Gasteiger partial charge on any atom is -0.492 e. The summed E-state index contributed by atoms with van der Waals surface area (Å²) >= 11 is 7.76. The molecule has 0 saturated heterocycles. The van der Waals surface area contributed by atoms with Gasteiger partial charge in [0.05, 0.1) is 24.5 Å². The number of nitrogens with one attached hydrogen (secondary N) is 2. The molecular weight excluding hydrogens is 501 g/mol. The van der Waals surface area contributed by atoms with E-state index < -0.39 is 6.03 Å². The van der Waals surface area contributed by atoms with Crippen molar-refractivity contribution in [1.29, 1.82) is 0 Å². The molecule has 0 saturated carbocycles. The van der Waals surface area contributed by atoms with E-state index in [0.29, 0.717) is 39.8 Å². The highest BCUT2D eigenvalue weighted by molar-refractivity contribution is 7.98. The lowest BCUT2D eigenvalue weighted by molar-refractivity contribution is 0.251. The molecule has 0 aliphatic carbocycles. The summed E-state index contributed by atoms with van der Waals surface area (Å²) in [5.41, 5.74) is 3.30. The van der Waals surface area contributed by atoms with Crippen LogP contribution < -0.4 is 15.4 Å². The molecule has 0 aliphatic rings. The number of carbonyl (C=O) groups is 1. The third-order valence-corrected chi connectivity index (χ3v) is 6.47. The smallest absolute Gasteiger partial charge is 0.319 e. The minimum absolute atomic E-state index is 0.124. The van der Waals surface area contributed by atoms with Crippen LogP contribution in [0.25, 0.3) is 5.69 Å². The number of aromatic nitrogens is 3. The predicted octanol–water partition coefficient (Wildman–Crippen LogP) is 6.38. The summed E-state index contributed by atoms with van der Waals surface area (Å²) in [7, 11) is 0. The summed E-state index contributed by atoms with van der Waals surface area (Å²) in [6, 6.07) is 18.7. The number of hydrogen-bond donors (Lipinski definition) is 2. The van der Waals surface area contributed by atoms with Gasteiger partial charge in [-0.3, -0.25) is 4.57 Å². The van der Waals surface area contributed by atoms with E-state index in [1.54, 1.807) is 24.3 Å². The van der Waals surface area contributed by atoms with Crippen molar-refractivity contribution >= 4 is 35.1 Å². The fourth-order valence-electron chi connectivity index (χ4n) is 3.48. The van der Waals surface area contributed by atoms with Gasteiger partial charge >= 0.3 is 6.03 Å². The number of amides is 2. The van der Waals surface area contributed by atoms with Crippen LogP contribution in [0.5, 0.6) is 5.75 Å². The molecule has 4 aromatic rings. The zero-order valence-electron chi connectivity index (χ0n) is 19.8. The zero-order valence-corrected chi connectivity index (χ0v) is 21.4. The Morgan fingerprint density at radius 2 is 1.89 bits per heavy atom. The van der Waals surface area contributed by atoms with E-state index >= 15 is 0 Å². The highest BCUT2D eigenvalue weighted by atomic mass is 35.5. The molecule has 1 heterocycles. The predicted molar refractivity (Wildman–Crippen MR) is 141 cm³/mol. The minimum atomic E-state index is -0.403. The summed E-state index contributed by atoms with van der Waals surface area (Å²) in [6.45, 7) is 4.46. The summed E-state index contributed by atoms with van der Waals surface area (Å²) in [4.78, 5) is 12.7. The number of rotatable bonds is 9. The normalized spacial score (nSPS) is 10.8. The van der Waals surface area contributed by atoms with Crippen molar-refractivity contribution in [2.24, 2.45) is 0 Å². The fourth-order valence-corrected chi connectivity index (χ4v) is 4.57. The maximum atomic E-state index is 13.3. The van der Waals surface area contributed by atoms with Crippen molar-refractivity contribution in [3.8, 4) is 11.4 Å². The van der Waals surface area contributed by atoms with E-state index in [9.17, 15) is 9.18 Å². The first kappa shape index (κ1) is 25.5. The van der Waals surface area contributed by atoms with Crippen molar-refractivity contribution in [1.82, 2.24) is 20.1 Å². The van der Waals surface area contributed by atoms with Gasteiger partial charge in [0.15, 0.2) is 11.0 Å². The van der Waals surface area contributed by atoms with E-state index in [0.717, 1.165) is 16.8 Å². The van der Waals surface area contributed by atoms with E-state index in [1.807, 2.05) is 48.7 Å². The number of para-hydroxylation sites is 2.